The van der Waals surface area contributed by atoms with Crippen LogP contribution in [0.4, 0.5) is 5.69 Å². The Balaban J connectivity index is 2.52. The first-order chi connectivity index (χ1) is 14.1. The van der Waals surface area contributed by atoms with E-state index in [2.05, 4.69) is 13.8 Å². The van der Waals surface area contributed by atoms with Crippen LogP contribution in [-0.4, -0.2) is 32.5 Å². The van der Waals surface area contributed by atoms with E-state index >= 15 is 0 Å². The lowest BCUT2D eigenvalue weighted by Gasteiger charge is -2.19. The van der Waals surface area contributed by atoms with Crippen LogP contribution < -0.4 is 10.4 Å². The van der Waals surface area contributed by atoms with Gasteiger partial charge < -0.3 is 24.7 Å². The van der Waals surface area contributed by atoms with Crippen molar-refractivity contribution >= 4 is 11.7 Å². The Labute approximate surface area is 177 Å². The van der Waals surface area contributed by atoms with Gasteiger partial charge in [-0.3, -0.25) is 0 Å². The van der Waals surface area contributed by atoms with Crippen LogP contribution in [0.15, 0.2) is 18.2 Å². The van der Waals surface area contributed by atoms with Crippen LogP contribution in [0, 0.1) is 0 Å². The van der Waals surface area contributed by atoms with Gasteiger partial charge in [0.25, 0.3) is 0 Å². The molecule has 0 radical (unpaired) electrons. The quantitative estimate of drug-likeness (QED) is 0.229. The summed E-state index contributed by atoms with van der Waals surface area (Å²) in [5, 5.41) is 13.2. The fourth-order valence-corrected chi connectivity index (χ4v) is 3.51. The summed E-state index contributed by atoms with van der Waals surface area (Å²) in [6.45, 7) is 5.91. The van der Waals surface area contributed by atoms with Gasteiger partial charge in [-0.05, 0) is 38.2 Å². The van der Waals surface area contributed by atoms with Gasteiger partial charge in [0, 0.05) is 18.8 Å². The molecule has 0 aliphatic rings. The van der Waals surface area contributed by atoms with Crippen LogP contribution in [-0.2, 0) is 15.9 Å². The number of carboxylic acid groups (broad SMARTS) is 1. The highest BCUT2D eigenvalue weighted by Gasteiger charge is 2.14. The van der Waals surface area contributed by atoms with Gasteiger partial charge in [-0.1, -0.05) is 64.5 Å². The van der Waals surface area contributed by atoms with E-state index in [-0.39, 0.29) is 11.9 Å². The Morgan fingerprint density at radius 3 is 2.10 bits per heavy atom. The summed E-state index contributed by atoms with van der Waals surface area (Å²) < 4.78 is 12.0. The second-order valence-corrected chi connectivity index (χ2v) is 7.64. The lowest BCUT2D eigenvalue weighted by atomic mass is 10.0. The van der Waals surface area contributed by atoms with Crippen LogP contribution >= 0.6 is 0 Å². The topological polar surface area (TPSA) is 75.2 Å². The minimum Gasteiger partial charge on any atom is -0.545 e. The number of quaternary nitrogens is 1. The van der Waals surface area contributed by atoms with Crippen molar-refractivity contribution in [3.05, 3.63) is 29.3 Å². The Hall–Kier alpha value is -1.43. The fourth-order valence-electron chi connectivity index (χ4n) is 3.51. The molecule has 5 nitrogen and oxygen atoms in total. The summed E-state index contributed by atoms with van der Waals surface area (Å²) in [5.74, 6) is -1.12. The molecule has 2 N–H and O–H groups in total. The van der Waals surface area contributed by atoms with Crippen LogP contribution in [0.2, 0.25) is 0 Å². The van der Waals surface area contributed by atoms with Crippen LogP contribution in [0.5, 0.6) is 0 Å². The number of nitrogens with two attached hydrogens (primary N) is 1. The van der Waals surface area contributed by atoms with Crippen molar-refractivity contribution in [1.29, 1.82) is 0 Å². The van der Waals surface area contributed by atoms with Crippen LogP contribution in [0.25, 0.3) is 0 Å². The fraction of sp³-hybridized carbons (Fsp3) is 0.708. The van der Waals surface area contributed by atoms with Gasteiger partial charge in [0.15, 0.2) is 6.29 Å². The van der Waals surface area contributed by atoms with Gasteiger partial charge in [-0.2, -0.15) is 0 Å². The average Bonchev–Trinajstić information content (AvgIpc) is 2.72. The summed E-state index contributed by atoms with van der Waals surface area (Å²) in [6.07, 6.45) is 11.8. The van der Waals surface area contributed by atoms with Crippen molar-refractivity contribution in [1.82, 2.24) is 0 Å². The van der Waals surface area contributed by atoms with E-state index in [1.807, 2.05) is 18.4 Å². The van der Waals surface area contributed by atoms with Crippen molar-refractivity contribution in [2.24, 2.45) is 0 Å². The van der Waals surface area contributed by atoms with E-state index in [1.165, 1.54) is 38.5 Å². The lowest BCUT2D eigenvalue weighted by Crippen LogP contribution is -2.74. The number of para-hydroxylation sites is 1. The minimum atomic E-state index is -1.12. The maximum absolute atomic E-state index is 11.3. The second-order valence-electron chi connectivity index (χ2n) is 7.64. The third kappa shape index (κ3) is 10.8. The molecule has 0 saturated carbocycles. The Kier molecular flexibility index (Phi) is 14.5. The molecule has 0 atom stereocenters. The summed E-state index contributed by atoms with van der Waals surface area (Å²) in [6, 6.07) is 5.39. The first kappa shape index (κ1) is 25.6. The highest BCUT2D eigenvalue weighted by molar-refractivity contribution is 5.91. The molecule has 1 aromatic carbocycles. The molecule has 166 valence electrons. The molecule has 0 unspecified atom stereocenters. The number of carbonyl (C=O) groups is 1. The van der Waals surface area contributed by atoms with Gasteiger partial charge in [-0.25, -0.2) is 0 Å². The van der Waals surface area contributed by atoms with Crippen molar-refractivity contribution < 1.29 is 24.7 Å². The number of aromatic carboxylic acids is 1. The smallest absolute Gasteiger partial charge is 0.157 e. The molecule has 0 fully saturated rings. The number of hydrogen-bond acceptors (Lipinski definition) is 4. The standard InChI is InChI=1S/C24H41NO4/c1-4-6-8-10-18-28-22(29-19-11-9-7-5-2)17-13-15-20-14-12-16-21(24(26)27)23(20)25-3/h12,14,16,22,25H,4-11,13,15,17-19H2,1-3H3,(H,26,27). The minimum absolute atomic E-state index is 0.170. The molecule has 0 aliphatic carbocycles. The van der Waals surface area contributed by atoms with E-state index in [1.54, 1.807) is 12.1 Å². The first-order valence-corrected chi connectivity index (χ1v) is 11.5. The van der Waals surface area contributed by atoms with Crippen molar-refractivity contribution in [3.63, 3.8) is 0 Å². The molecule has 1 rings (SSSR count). The highest BCUT2D eigenvalue weighted by atomic mass is 16.7. The van der Waals surface area contributed by atoms with Gasteiger partial charge in [0.05, 0.1) is 18.6 Å². The summed E-state index contributed by atoms with van der Waals surface area (Å²) >= 11 is 0. The summed E-state index contributed by atoms with van der Waals surface area (Å²) in [4.78, 5) is 11.3. The second kappa shape index (κ2) is 16.4. The molecule has 0 bridgehead atoms. The normalized spacial score (nSPS) is 11.3. The Bertz CT molecular complexity index is 548. The lowest BCUT2D eigenvalue weighted by molar-refractivity contribution is -0.540. The number of ether oxygens (including phenoxy) is 2. The van der Waals surface area contributed by atoms with Gasteiger partial charge in [-0.15, -0.1) is 0 Å². The SMILES string of the molecule is CCCCCCOC(CCCc1cccc(C(=O)[O-])c1[NH2+]C)OCCCCCC. The maximum Gasteiger partial charge on any atom is 0.157 e. The third-order valence-electron chi connectivity index (χ3n) is 5.19. The number of benzene rings is 1. The monoisotopic (exact) mass is 407 g/mol. The Morgan fingerprint density at radius 2 is 1.59 bits per heavy atom. The zero-order valence-electron chi connectivity index (χ0n) is 18.7. The Morgan fingerprint density at radius 1 is 0.966 bits per heavy atom. The maximum atomic E-state index is 11.3. The van der Waals surface area contributed by atoms with E-state index in [4.69, 9.17) is 9.47 Å². The molecule has 0 aliphatic heterocycles. The molecule has 0 aromatic heterocycles. The zero-order valence-corrected chi connectivity index (χ0v) is 18.7. The average molecular weight is 408 g/mol. The molecule has 0 heterocycles. The number of rotatable bonds is 18. The number of aryl methyl sites for hydroxylation is 1. The van der Waals surface area contributed by atoms with Crippen LogP contribution in [0.1, 0.15) is 94.0 Å². The predicted octanol–water partition coefficient (Wildman–Crippen LogP) is 3.72. The van der Waals surface area contributed by atoms with Crippen molar-refractivity contribution in [2.45, 2.75) is 90.8 Å². The van der Waals surface area contributed by atoms with Gasteiger partial charge in [0.2, 0.25) is 0 Å². The highest BCUT2D eigenvalue weighted by Crippen LogP contribution is 2.19. The predicted molar refractivity (Wildman–Crippen MR) is 115 cm³/mol. The summed E-state index contributed by atoms with van der Waals surface area (Å²) in [5.41, 5.74) is 2.07. The molecular formula is C24H41NO4. The first-order valence-electron chi connectivity index (χ1n) is 11.5. The van der Waals surface area contributed by atoms with E-state index < -0.39 is 5.97 Å². The zero-order chi connectivity index (χ0) is 21.3. The molecule has 29 heavy (non-hydrogen) atoms. The number of carboxylic acids is 1. The molecule has 0 saturated heterocycles. The summed E-state index contributed by atoms with van der Waals surface area (Å²) in [7, 11) is 1.87. The van der Waals surface area contributed by atoms with E-state index in [0.29, 0.717) is 0 Å². The van der Waals surface area contributed by atoms with Gasteiger partial charge >= 0.3 is 0 Å². The van der Waals surface area contributed by atoms with E-state index in [9.17, 15) is 9.90 Å². The van der Waals surface area contributed by atoms with Crippen molar-refractivity contribution in [3.8, 4) is 0 Å². The van der Waals surface area contributed by atoms with Gasteiger partial charge in [0.1, 0.15) is 5.69 Å². The number of carbonyl (C=O) groups excluding carboxylic acids is 1. The molecular weight excluding hydrogens is 366 g/mol. The number of hydrogen-bond donors (Lipinski definition) is 1. The molecule has 0 amide bonds. The largest absolute Gasteiger partial charge is 0.545 e. The number of unbranched alkanes of at least 4 members (excludes halogenated alkanes) is 6. The third-order valence-corrected chi connectivity index (χ3v) is 5.19. The van der Waals surface area contributed by atoms with Crippen molar-refractivity contribution in [2.75, 3.05) is 20.3 Å². The molecule has 0 spiro atoms. The molecule has 1 aromatic rings. The van der Waals surface area contributed by atoms with Crippen LogP contribution in [0.3, 0.4) is 0 Å². The van der Waals surface area contributed by atoms with E-state index in [0.717, 1.165) is 56.6 Å². The molecule has 5 heteroatoms.